The first-order chi connectivity index (χ1) is 14.3. The van der Waals surface area contributed by atoms with Gasteiger partial charge in [0, 0.05) is 64.2 Å². The third-order valence-electron chi connectivity index (χ3n) is 5.53. The van der Waals surface area contributed by atoms with E-state index in [1.807, 2.05) is 0 Å². The van der Waals surface area contributed by atoms with Crippen molar-refractivity contribution in [2.45, 2.75) is 38.8 Å². The van der Waals surface area contributed by atoms with Crippen LogP contribution in [-0.4, -0.2) is 77.2 Å². The van der Waals surface area contributed by atoms with Crippen LogP contribution >= 0.6 is 0 Å². The van der Waals surface area contributed by atoms with E-state index >= 15 is 0 Å². The van der Waals surface area contributed by atoms with Gasteiger partial charge in [0.25, 0.3) is 0 Å². The van der Waals surface area contributed by atoms with Gasteiger partial charge in [-0.2, -0.15) is 0 Å². The molecule has 0 aromatic heterocycles. The normalized spacial score (nSPS) is 16.2. The van der Waals surface area contributed by atoms with Crippen molar-refractivity contribution >= 4 is 23.8 Å². The summed E-state index contributed by atoms with van der Waals surface area (Å²) in [4.78, 5) is 52.8. The van der Waals surface area contributed by atoms with E-state index in [4.69, 9.17) is 5.73 Å². The minimum atomic E-state index is -0.481. The van der Waals surface area contributed by atoms with Gasteiger partial charge in [-0.1, -0.05) is 12.1 Å². The molecule has 1 saturated heterocycles. The van der Waals surface area contributed by atoms with Gasteiger partial charge in [-0.25, -0.2) is 4.79 Å². The van der Waals surface area contributed by atoms with Crippen LogP contribution < -0.4 is 11.1 Å². The molecule has 0 bridgehead atoms. The van der Waals surface area contributed by atoms with E-state index in [0.29, 0.717) is 38.3 Å². The summed E-state index contributed by atoms with van der Waals surface area (Å²) in [6.07, 6.45) is 2.16. The second-order valence-corrected chi connectivity index (χ2v) is 7.79. The zero-order valence-corrected chi connectivity index (χ0v) is 17.3. The summed E-state index contributed by atoms with van der Waals surface area (Å²) in [6.45, 7) is 4.41. The number of urea groups is 1. The van der Waals surface area contributed by atoms with Crippen LogP contribution in [0.2, 0.25) is 0 Å². The minimum Gasteiger partial charge on any atom is -0.366 e. The summed E-state index contributed by atoms with van der Waals surface area (Å²) in [5.41, 5.74) is 6.62. The molecule has 9 heteroatoms. The first-order valence-electron chi connectivity index (χ1n) is 10.3. The molecule has 3 N–H and O–H groups in total. The number of hydrogen-bond acceptors (Lipinski definition) is 4. The van der Waals surface area contributed by atoms with E-state index < -0.39 is 5.91 Å². The van der Waals surface area contributed by atoms with E-state index in [2.05, 4.69) is 5.32 Å². The molecule has 1 aliphatic carbocycles. The summed E-state index contributed by atoms with van der Waals surface area (Å²) in [5, 5.41) is 2.85. The smallest absolute Gasteiger partial charge is 0.317 e. The van der Waals surface area contributed by atoms with Crippen molar-refractivity contribution in [3.05, 3.63) is 35.4 Å². The zero-order valence-electron chi connectivity index (χ0n) is 17.3. The lowest BCUT2D eigenvalue weighted by Crippen LogP contribution is -2.50. The molecule has 0 spiro atoms. The first-order valence-corrected chi connectivity index (χ1v) is 10.3. The van der Waals surface area contributed by atoms with Crippen molar-refractivity contribution < 1.29 is 19.2 Å². The number of nitrogens with one attached hydrogen (secondary N) is 1. The van der Waals surface area contributed by atoms with Gasteiger partial charge >= 0.3 is 6.03 Å². The van der Waals surface area contributed by atoms with Gasteiger partial charge < -0.3 is 25.8 Å². The molecule has 1 saturated carbocycles. The number of primary amides is 1. The molecule has 0 unspecified atom stereocenters. The Morgan fingerprint density at radius 3 is 2.17 bits per heavy atom. The fraction of sp³-hybridized carbons (Fsp3) is 0.524. The highest BCUT2D eigenvalue weighted by atomic mass is 16.2. The molecule has 1 aliphatic heterocycles. The monoisotopic (exact) mass is 415 g/mol. The summed E-state index contributed by atoms with van der Waals surface area (Å²) >= 11 is 0. The van der Waals surface area contributed by atoms with Gasteiger partial charge in [0.2, 0.25) is 17.7 Å². The van der Waals surface area contributed by atoms with Crippen LogP contribution in [0, 0.1) is 0 Å². The Morgan fingerprint density at radius 1 is 1.03 bits per heavy atom. The largest absolute Gasteiger partial charge is 0.366 e. The number of nitrogens with zero attached hydrogens (tertiary/aromatic N) is 3. The Morgan fingerprint density at radius 2 is 1.63 bits per heavy atom. The second-order valence-electron chi connectivity index (χ2n) is 7.79. The number of nitrogens with two attached hydrogens (primary N) is 1. The fourth-order valence-electron chi connectivity index (χ4n) is 3.53. The van der Waals surface area contributed by atoms with E-state index in [1.54, 1.807) is 39.0 Å². The van der Waals surface area contributed by atoms with Crippen molar-refractivity contribution in [1.29, 1.82) is 0 Å². The van der Waals surface area contributed by atoms with Crippen LogP contribution in [0.4, 0.5) is 4.79 Å². The average molecular weight is 415 g/mol. The van der Waals surface area contributed by atoms with Gasteiger partial charge in [0.05, 0.1) is 0 Å². The highest BCUT2D eigenvalue weighted by molar-refractivity contribution is 5.92. The number of piperazine rings is 1. The van der Waals surface area contributed by atoms with Crippen LogP contribution in [-0.2, 0) is 16.1 Å². The molecule has 5 amide bonds. The number of hydrogen-bond donors (Lipinski definition) is 2. The number of amides is 5. The minimum absolute atomic E-state index is 0.0153. The predicted molar refractivity (Wildman–Crippen MR) is 110 cm³/mol. The van der Waals surface area contributed by atoms with Crippen LogP contribution in [0.5, 0.6) is 0 Å². The van der Waals surface area contributed by atoms with Crippen LogP contribution in [0.1, 0.15) is 42.1 Å². The fourth-order valence-corrected chi connectivity index (χ4v) is 3.53. The maximum Gasteiger partial charge on any atom is 0.317 e. The maximum atomic E-state index is 12.7. The Kier molecular flexibility index (Phi) is 6.91. The Bertz CT molecular complexity index is 798. The van der Waals surface area contributed by atoms with Crippen molar-refractivity contribution in [3.63, 3.8) is 0 Å². The van der Waals surface area contributed by atoms with Crippen molar-refractivity contribution in [2.75, 3.05) is 32.7 Å². The summed E-state index contributed by atoms with van der Waals surface area (Å²) in [5.74, 6) is -0.469. The molecule has 0 radical (unpaired) electrons. The number of benzene rings is 1. The third-order valence-corrected chi connectivity index (χ3v) is 5.53. The van der Waals surface area contributed by atoms with E-state index in [1.165, 1.54) is 6.92 Å². The van der Waals surface area contributed by atoms with E-state index in [0.717, 1.165) is 18.4 Å². The quantitative estimate of drug-likeness (QED) is 0.676. The Labute approximate surface area is 176 Å². The lowest BCUT2D eigenvalue weighted by molar-refractivity contribution is -0.138. The van der Waals surface area contributed by atoms with Crippen molar-refractivity contribution in [3.8, 4) is 0 Å². The maximum absolute atomic E-state index is 12.7. The molecular weight excluding hydrogens is 386 g/mol. The molecule has 162 valence electrons. The van der Waals surface area contributed by atoms with E-state index in [-0.39, 0.29) is 36.9 Å². The van der Waals surface area contributed by atoms with Gasteiger partial charge in [-0.15, -0.1) is 0 Å². The van der Waals surface area contributed by atoms with E-state index in [9.17, 15) is 19.2 Å². The van der Waals surface area contributed by atoms with Gasteiger partial charge in [0.15, 0.2) is 0 Å². The number of carbonyl (C=O) groups excluding carboxylic acids is 4. The molecule has 30 heavy (non-hydrogen) atoms. The molecular formula is C21H29N5O4. The molecule has 9 nitrogen and oxygen atoms in total. The average Bonchev–Trinajstić information content (AvgIpc) is 3.57. The topological polar surface area (TPSA) is 116 Å². The number of carbonyl (C=O) groups is 4. The van der Waals surface area contributed by atoms with Crippen LogP contribution in [0.15, 0.2) is 24.3 Å². The Balaban J connectivity index is 1.45. The molecule has 2 aliphatic rings. The molecule has 1 heterocycles. The van der Waals surface area contributed by atoms with Gasteiger partial charge in [-0.05, 0) is 30.5 Å². The highest BCUT2D eigenvalue weighted by Gasteiger charge is 2.32. The van der Waals surface area contributed by atoms with Crippen LogP contribution in [0.25, 0.3) is 0 Å². The lowest BCUT2D eigenvalue weighted by Gasteiger charge is -2.34. The van der Waals surface area contributed by atoms with Gasteiger partial charge in [-0.3, -0.25) is 14.4 Å². The zero-order chi connectivity index (χ0) is 21.7. The van der Waals surface area contributed by atoms with Crippen molar-refractivity contribution in [1.82, 2.24) is 20.0 Å². The summed E-state index contributed by atoms with van der Waals surface area (Å²) < 4.78 is 0. The SMILES string of the molecule is CC(=O)N1CCN(C(=O)CCNC(=O)N(Cc2ccc(C(N)=O)cc2)C2CC2)CC1. The predicted octanol–water partition coefficient (Wildman–Crippen LogP) is 0.540. The Hall–Kier alpha value is -3.10. The molecule has 0 atom stereocenters. The van der Waals surface area contributed by atoms with Crippen LogP contribution in [0.3, 0.4) is 0 Å². The molecule has 3 rings (SSSR count). The molecule has 1 aromatic carbocycles. The number of rotatable bonds is 7. The highest BCUT2D eigenvalue weighted by Crippen LogP contribution is 2.28. The lowest BCUT2D eigenvalue weighted by atomic mass is 10.1. The standard InChI is InChI=1S/C21H29N5O4/c1-15(27)24-10-12-25(13-11-24)19(28)8-9-23-21(30)26(18-6-7-18)14-16-2-4-17(5-3-16)20(22)29/h2-5,18H,6-14H2,1H3,(H2,22,29)(H,23,30). The second kappa shape index (κ2) is 9.60. The van der Waals surface area contributed by atoms with Gasteiger partial charge in [0.1, 0.15) is 0 Å². The molecule has 1 aromatic rings. The summed E-state index contributed by atoms with van der Waals surface area (Å²) in [7, 11) is 0. The molecule has 2 fully saturated rings. The third kappa shape index (κ3) is 5.71. The van der Waals surface area contributed by atoms with Crippen molar-refractivity contribution in [2.24, 2.45) is 5.73 Å². The first kappa shape index (κ1) is 21.6. The summed E-state index contributed by atoms with van der Waals surface area (Å²) in [6, 6.07) is 6.93.